The smallest absolute Gasteiger partial charge is 0.265 e. The van der Waals surface area contributed by atoms with Crippen molar-refractivity contribution in [2.45, 2.75) is 0 Å². The molecule has 0 spiro atoms. The number of nitrogens with one attached hydrogen (secondary N) is 2. The molecular formula is C18H13ClN2O3S. The largest absolute Gasteiger partial charge is 0.506 e. The third-order valence-electron chi connectivity index (χ3n) is 3.37. The number of aromatic hydroxyl groups is 1. The fourth-order valence-electron chi connectivity index (χ4n) is 2.18. The zero-order valence-corrected chi connectivity index (χ0v) is 14.4. The zero-order chi connectivity index (χ0) is 17.8. The van der Waals surface area contributed by atoms with Gasteiger partial charge in [0, 0.05) is 5.02 Å². The van der Waals surface area contributed by atoms with Crippen LogP contribution in [0.2, 0.25) is 5.02 Å². The average Bonchev–Trinajstić information content (AvgIpc) is 3.13. The van der Waals surface area contributed by atoms with Gasteiger partial charge in [-0.05, 0) is 41.8 Å². The third-order valence-corrected chi connectivity index (χ3v) is 4.48. The number of phenols is 1. The van der Waals surface area contributed by atoms with Crippen molar-refractivity contribution in [3.8, 4) is 5.75 Å². The molecule has 1 aromatic heterocycles. The van der Waals surface area contributed by atoms with Crippen LogP contribution in [0.4, 0.5) is 11.4 Å². The molecule has 0 saturated carbocycles. The molecule has 0 fully saturated rings. The van der Waals surface area contributed by atoms with Gasteiger partial charge in [-0.3, -0.25) is 9.59 Å². The summed E-state index contributed by atoms with van der Waals surface area (Å²) in [5.74, 6) is -0.863. The summed E-state index contributed by atoms with van der Waals surface area (Å²) >= 11 is 7.20. The summed E-state index contributed by atoms with van der Waals surface area (Å²) in [6.45, 7) is 0. The Kier molecular flexibility index (Phi) is 5.02. The molecule has 0 radical (unpaired) electrons. The molecule has 5 nitrogen and oxygen atoms in total. The van der Waals surface area contributed by atoms with E-state index < -0.39 is 5.91 Å². The van der Waals surface area contributed by atoms with E-state index in [1.165, 1.54) is 29.5 Å². The number of rotatable bonds is 4. The number of amides is 2. The standard InChI is InChI=1S/C18H13ClN2O3S/c19-11-7-8-15(22)14(10-11)21-17(23)12-4-1-2-5-13(12)20-18(24)16-6-3-9-25-16/h1-10,22H,(H,20,24)(H,21,23). The molecule has 7 heteroatoms. The van der Waals surface area contributed by atoms with Crippen molar-refractivity contribution in [3.63, 3.8) is 0 Å². The Labute approximate surface area is 152 Å². The molecular weight excluding hydrogens is 360 g/mol. The number of benzene rings is 2. The van der Waals surface area contributed by atoms with Crippen molar-refractivity contribution in [1.82, 2.24) is 0 Å². The van der Waals surface area contributed by atoms with Crippen LogP contribution >= 0.6 is 22.9 Å². The maximum absolute atomic E-state index is 12.6. The summed E-state index contributed by atoms with van der Waals surface area (Å²) in [5, 5.41) is 17.3. The molecule has 0 aliphatic carbocycles. The Balaban J connectivity index is 1.83. The van der Waals surface area contributed by atoms with E-state index in [-0.39, 0.29) is 22.9 Å². The number of anilines is 2. The number of hydrogen-bond acceptors (Lipinski definition) is 4. The summed E-state index contributed by atoms with van der Waals surface area (Å²) in [6.07, 6.45) is 0. The summed E-state index contributed by atoms with van der Waals surface area (Å²) in [7, 11) is 0. The highest BCUT2D eigenvalue weighted by Crippen LogP contribution is 2.28. The van der Waals surface area contributed by atoms with Gasteiger partial charge in [0.2, 0.25) is 0 Å². The maximum Gasteiger partial charge on any atom is 0.265 e. The predicted octanol–water partition coefficient (Wildman–Crippen LogP) is 4.61. The molecule has 0 atom stereocenters. The van der Waals surface area contributed by atoms with Gasteiger partial charge in [0.05, 0.1) is 21.8 Å². The SMILES string of the molecule is O=C(Nc1ccccc1C(=O)Nc1cc(Cl)ccc1O)c1cccs1. The quantitative estimate of drug-likeness (QED) is 0.585. The van der Waals surface area contributed by atoms with Crippen molar-refractivity contribution in [3.05, 3.63) is 75.4 Å². The Hall–Kier alpha value is -2.83. The second kappa shape index (κ2) is 7.38. The van der Waals surface area contributed by atoms with Gasteiger partial charge >= 0.3 is 0 Å². The van der Waals surface area contributed by atoms with E-state index in [1.807, 2.05) is 0 Å². The Morgan fingerprint density at radius 2 is 1.68 bits per heavy atom. The van der Waals surface area contributed by atoms with Crippen molar-refractivity contribution in [1.29, 1.82) is 0 Å². The molecule has 0 aliphatic rings. The lowest BCUT2D eigenvalue weighted by molar-refractivity contribution is 0.102. The fraction of sp³-hybridized carbons (Fsp3) is 0. The van der Waals surface area contributed by atoms with Gasteiger partial charge in [-0.1, -0.05) is 29.8 Å². The summed E-state index contributed by atoms with van der Waals surface area (Å²) < 4.78 is 0. The van der Waals surface area contributed by atoms with Crippen molar-refractivity contribution in [2.24, 2.45) is 0 Å². The first kappa shape index (κ1) is 17.0. The number of para-hydroxylation sites is 1. The van der Waals surface area contributed by atoms with E-state index in [0.29, 0.717) is 15.6 Å². The number of carbonyl (C=O) groups excluding carboxylic acids is 2. The zero-order valence-electron chi connectivity index (χ0n) is 12.8. The van der Waals surface area contributed by atoms with Crippen LogP contribution in [0, 0.1) is 0 Å². The molecule has 0 aliphatic heterocycles. The minimum Gasteiger partial charge on any atom is -0.506 e. The summed E-state index contributed by atoms with van der Waals surface area (Å²) in [6, 6.07) is 14.5. The molecule has 3 aromatic rings. The van der Waals surface area contributed by atoms with E-state index in [9.17, 15) is 14.7 Å². The molecule has 126 valence electrons. The van der Waals surface area contributed by atoms with Crippen LogP contribution in [0.15, 0.2) is 60.0 Å². The molecule has 0 bridgehead atoms. The van der Waals surface area contributed by atoms with Crippen LogP contribution in [0.3, 0.4) is 0 Å². The normalized spacial score (nSPS) is 10.3. The molecule has 3 rings (SSSR count). The number of halogens is 1. The molecule has 0 saturated heterocycles. The van der Waals surface area contributed by atoms with Gasteiger partial charge in [0.1, 0.15) is 5.75 Å². The minimum absolute atomic E-state index is 0.0992. The first-order valence-corrected chi connectivity index (χ1v) is 8.54. The van der Waals surface area contributed by atoms with E-state index in [4.69, 9.17) is 11.6 Å². The van der Waals surface area contributed by atoms with Crippen molar-refractivity contribution < 1.29 is 14.7 Å². The van der Waals surface area contributed by atoms with Crippen LogP contribution in [0.1, 0.15) is 20.0 Å². The molecule has 1 heterocycles. The molecule has 2 amide bonds. The van der Waals surface area contributed by atoms with Crippen molar-refractivity contribution in [2.75, 3.05) is 10.6 Å². The first-order valence-electron chi connectivity index (χ1n) is 7.28. The van der Waals surface area contributed by atoms with Crippen LogP contribution < -0.4 is 10.6 Å². The summed E-state index contributed by atoms with van der Waals surface area (Å²) in [4.78, 5) is 25.3. The number of carbonyl (C=O) groups is 2. The Morgan fingerprint density at radius 1 is 0.920 bits per heavy atom. The fourth-order valence-corrected chi connectivity index (χ4v) is 2.97. The number of phenolic OH excluding ortho intramolecular Hbond substituents is 1. The Bertz CT molecular complexity index is 926. The molecule has 2 aromatic carbocycles. The van der Waals surface area contributed by atoms with Gasteiger partial charge in [-0.25, -0.2) is 0 Å². The molecule has 25 heavy (non-hydrogen) atoms. The average molecular weight is 373 g/mol. The molecule has 0 unspecified atom stereocenters. The topological polar surface area (TPSA) is 78.4 Å². The van der Waals surface area contributed by atoms with Crippen LogP contribution in [-0.4, -0.2) is 16.9 Å². The number of hydrogen-bond donors (Lipinski definition) is 3. The van der Waals surface area contributed by atoms with E-state index in [0.717, 1.165) is 0 Å². The monoisotopic (exact) mass is 372 g/mol. The second-order valence-electron chi connectivity index (χ2n) is 5.09. The van der Waals surface area contributed by atoms with E-state index >= 15 is 0 Å². The van der Waals surface area contributed by atoms with E-state index in [1.54, 1.807) is 41.8 Å². The van der Waals surface area contributed by atoms with Gasteiger partial charge in [-0.15, -0.1) is 11.3 Å². The van der Waals surface area contributed by atoms with Gasteiger partial charge < -0.3 is 15.7 Å². The van der Waals surface area contributed by atoms with Crippen LogP contribution in [0.25, 0.3) is 0 Å². The van der Waals surface area contributed by atoms with Crippen LogP contribution in [-0.2, 0) is 0 Å². The highest BCUT2D eigenvalue weighted by atomic mass is 35.5. The van der Waals surface area contributed by atoms with Gasteiger partial charge in [-0.2, -0.15) is 0 Å². The first-order chi connectivity index (χ1) is 12.0. The highest BCUT2D eigenvalue weighted by Gasteiger charge is 2.16. The third kappa shape index (κ3) is 3.99. The maximum atomic E-state index is 12.6. The predicted molar refractivity (Wildman–Crippen MR) is 99.8 cm³/mol. The second-order valence-corrected chi connectivity index (χ2v) is 6.48. The van der Waals surface area contributed by atoms with Gasteiger partial charge in [0.15, 0.2) is 0 Å². The minimum atomic E-state index is -0.473. The lowest BCUT2D eigenvalue weighted by Crippen LogP contribution is -2.17. The lowest BCUT2D eigenvalue weighted by Gasteiger charge is -2.12. The molecule has 3 N–H and O–H groups in total. The van der Waals surface area contributed by atoms with Crippen molar-refractivity contribution >= 4 is 46.1 Å². The highest BCUT2D eigenvalue weighted by molar-refractivity contribution is 7.12. The number of thiophene rings is 1. The Morgan fingerprint density at radius 3 is 2.44 bits per heavy atom. The summed E-state index contributed by atoms with van der Waals surface area (Å²) in [5.41, 5.74) is 0.837. The lowest BCUT2D eigenvalue weighted by atomic mass is 10.1. The van der Waals surface area contributed by atoms with Crippen LogP contribution in [0.5, 0.6) is 5.75 Å². The van der Waals surface area contributed by atoms with Gasteiger partial charge in [0.25, 0.3) is 11.8 Å². The van der Waals surface area contributed by atoms with E-state index in [2.05, 4.69) is 10.6 Å².